The van der Waals surface area contributed by atoms with Gasteiger partial charge in [-0.2, -0.15) is 54.8 Å². The SMILES string of the molecule is CN1C=CN(c2[c-]c(Oc3[c-]c(-c4[c-]c(-c5[c-]cccc5)ccn4)[c-]cc3)ccc2)[CH-]1.[C-]#Cn1cc(-c2ccccc2)c(-c2ccccc2)c1.[Pt+4].[Pt]. The summed E-state index contributed by atoms with van der Waals surface area (Å²) in [5, 5.41) is 0. The molecule has 258 valence electrons. The monoisotopic (exact) mass is 1030 g/mol. The van der Waals surface area contributed by atoms with E-state index in [-0.39, 0.29) is 42.1 Å². The Morgan fingerprint density at radius 1 is 0.692 bits per heavy atom. The second kappa shape index (κ2) is 18.2. The van der Waals surface area contributed by atoms with E-state index in [2.05, 4.69) is 65.6 Å². The maximum atomic E-state index is 7.29. The Bertz CT molecular complexity index is 2210. The zero-order chi connectivity index (χ0) is 34.1. The molecule has 0 amide bonds. The molecular formula is C45H29N4OPt2-3. The molecule has 1 aliphatic rings. The minimum Gasteiger partial charge on any atom is -0.669 e. The van der Waals surface area contributed by atoms with Crippen LogP contribution in [-0.2, 0) is 42.1 Å². The van der Waals surface area contributed by atoms with Crippen LogP contribution in [0.3, 0.4) is 0 Å². The van der Waals surface area contributed by atoms with Crippen LogP contribution in [0.2, 0.25) is 0 Å². The molecule has 8 rings (SSSR count). The Morgan fingerprint density at radius 3 is 2.02 bits per heavy atom. The van der Waals surface area contributed by atoms with Gasteiger partial charge in [0.1, 0.15) is 0 Å². The third kappa shape index (κ3) is 9.28. The van der Waals surface area contributed by atoms with Crippen LogP contribution < -0.4 is 9.64 Å². The van der Waals surface area contributed by atoms with E-state index in [0.29, 0.717) is 22.8 Å². The van der Waals surface area contributed by atoms with Gasteiger partial charge in [-0.15, -0.1) is 30.0 Å². The first-order valence-electron chi connectivity index (χ1n) is 15.9. The predicted molar refractivity (Wildman–Crippen MR) is 197 cm³/mol. The van der Waals surface area contributed by atoms with E-state index in [9.17, 15) is 0 Å². The summed E-state index contributed by atoms with van der Waals surface area (Å²) >= 11 is 0. The first-order valence-corrected chi connectivity index (χ1v) is 15.9. The van der Waals surface area contributed by atoms with E-state index in [1.165, 1.54) is 0 Å². The summed E-state index contributed by atoms with van der Waals surface area (Å²) in [4.78, 5) is 8.39. The van der Waals surface area contributed by atoms with Crippen LogP contribution in [0.4, 0.5) is 5.69 Å². The molecule has 5 nitrogen and oxygen atoms in total. The van der Waals surface area contributed by atoms with E-state index < -0.39 is 0 Å². The van der Waals surface area contributed by atoms with Crippen molar-refractivity contribution < 1.29 is 46.9 Å². The summed E-state index contributed by atoms with van der Waals surface area (Å²) < 4.78 is 7.68. The second-order valence-electron chi connectivity index (χ2n) is 11.3. The topological polar surface area (TPSA) is 33.5 Å². The molecule has 0 atom stereocenters. The summed E-state index contributed by atoms with van der Waals surface area (Å²) in [7, 11) is 1.98. The zero-order valence-corrected chi connectivity index (χ0v) is 32.4. The van der Waals surface area contributed by atoms with E-state index in [0.717, 1.165) is 39.1 Å². The zero-order valence-electron chi connectivity index (χ0n) is 27.8. The molecular weight excluding hydrogens is 1000 g/mol. The summed E-state index contributed by atoms with van der Waals surface area (Å²) in [5.41, 5.74) is 8.64. The van der Waals surface area contributed by atoms with Crippen molar-refractivity contribution in [2.45, 2.75) is 0 Å². The van der Waals surface area contributed by atoms with Gasteiger partial charge in [0, 0.05) is 50.3 Å². The van der Waals surface area contributed by atoms with Crippen molar-refractivity contribution in [2.75, 3.05) is 11.9 Å². The third-order valence-electron chi connectivity index (χ3n) is 7.79. The Labute approximate surface area is 334 Å². The number of anilines is 1. The van der Waals surface area contributed by atoms with Gasteiger partial charge in [0.15, 0.2) is 0 Å². The van der Waals surface area contributed by atoms with Gasteiger partial charge in [0.2, 0.25) is 0 Å². The van der Waals surface area contributed by atoms with Crippen molar-refractivity contribution in [1.82, 2.24) is 14.5 Å². The molecule has 0 saturated heterocycles. The molecule has 7 heteroatoms. The minimum absolute atomic E-state index is 0. The fraction of sp³-hybridized carbons (Fsp3) is 0.0222. The van der Waals surface area contributed by atoms with Crippen LogP contribution in [0.25, 0.3) is 44.6 Å². The number of rotatable bonds is 7. The summed E-state index contributed by atoms with van der Waals surface area (Å²) in [6.45, 7) is 1.97. The van der Waals surface area contributed by atoms with Crippen LogP contribution in [0, 0.1) is 49.5 Å². The molecule has 0 unspecified atom stereocenters. The normalized spacial score (nSPS) is 11.4. The molecule has 5 aromatic carbocycles. The number of ether oxygens (including phenoxy) is 1. The average molecular weight is 1030 g/mol. The summed E-state index contributed by atoms with van der Waals surface area (Å²) in [6, 6.07) is 58.2. The van der Waals surface area contributed by atoms with Crippen molar-refractivity contribution in [3.63, 3.8) is 0 Å². The summed E-state index contributed by atoms with van der Waals surface area (Å²) in [6.07, 6.45) is 16.9. The fourth-order valence-corrected chi connectivity index (χ4v) is 5.39. The van der Waals surface area contributed by atoms with E-state index in [1.54, 1.807) is 16.8 Å². The number of pyridine rings is 1. The van der Waals surface area contributed by atoms with E-state index in [1.807, 2.05) is 139 Å². The Kier molecular flexibility index (Phi) is 13.3. The molecule has 0 bridgehead atoms. The molecule has 7 aromatic rings. The van der Waals surface area contributed by atoms with Gasteiger partial charge < -0.3 is 42.1 Å². The standard InChI is InChI=1S/C27H17N3O.C18H12N.2Pt/c1-29-15-16-30(20-29)24-10-6-12-26(19-24)31-25-11-5-9-23(17-25)27-18-22(13-14-28-27)21-7-3-2-4-8-21;1-2-19-13-17(15-9-5-3-6-10-15)18(14-19)16-11-7-4-8-12-16;;/h2-7,10-16,20H,1H3;3-14H;;/q-6;-1;;+4. The fourth-order valence-electron chi connectivity index (χ4n) is 5.39. The Morgan fingerprint density at radius 2 is 1.38 bits per heavy atom. The number of benzene rings is 5. The first-order chi connectivity index (χ1) is 24.6. The van der Waals surface area contributed by atoms with Gasteiger partial charge in [-0.05, 0) is 36.8 Å². The summed E-state index contributed by atoms with van der Waals surface area (Å²) in [5.74, 6) is 1.17. The maximum Gasteiger partial charge on any atom is 4.00 e. The number of hydrogen-bond donors (Lipinski definition) is 0. The minimum atomic E-state index is 0. The number of nitrogens with zero attached hydrogens (tertiary/aromatic N) is 4. The largest absolute Gasteiger partial charge is 4.00 e. The van der Waals surface area contributed by atoms with Crippen molar-refractivity contribution in [1.29, 1.82) is 0 Å². The molecule has 2 aromatic heterocycles. The van der Waals surface area contributed by atoms with Gasteiger partial charge >= 0.3 is 21.1 Å². The Hall–Kier alpha value is -5.39. The molecule has 0 spiro atoms. The van der Waals surface area contributed by atoms with Crippen LogP contribution in [0.1, 0.15) is 0 Å². The van der Waals surface area contributed by atoms with Crippen molar-refractivity contribution in [3.05, 3.63) is 196 Å². The molecule has 0 radical (unpaired) electrons. The van der Waals surface area contributed by atoms with Gasteiger partial charge in [0.05, 0.1) is 0 Å². The van der Waals surface area contributed by atoms with E-state index >= 15 is 0 Å². The van der Waals surface area contributed by atoms with Gasteiger partial charge in [-0.3, -0.25) is 12.1 Å². The van der Waals surface area contributed by atoms with Crippen LogP contribution >= 0.6 is 0 Å². The first kappa shape index (κ1) is 37.9. The molecule has 52 heavy (non-hydrogen) atoms. The van der Waals surface area contributed by atoms with Crippen LogP contribution in [-0.4, -0.2) is 21.5 Å². The maximum absolute atomic E-state index is 7.29. The van der Waals surface area contributed by atoms with Gasteiger partial charge in [-0.25, -0.2) is 23.2 Å². The van der Waals surface area contributed by atoms with Crippen LogP contribution in [0.15, 0.2) is 152 Å². The van der Waals surface area contributed by atoms with E-state index in [4.69, 9.17) is 11.2 Å². The third-order valence-corrected chi connectivity index (χ3v) is 7.79. The Balaban J connectivity index is 0.000000215. The predicted octanol–water partition coefficient (Wildman–Crippen LogP) is 9.76. The van der Waals surface area contributed by atoms with Gasteiger partial charge in [0.25, 0.3) is 0 Å². The smallest absolute Gasteiger partial charge is 0.669 e. The number of hydrogen-bond acceptors (Lipinski definition) is 4. The molecule has 0 saturated carbocycles. The van der Waals surface area contributed by atoms with Crippen molar-refractivity contribution in [2.24, 2.45) is 0 Å². The van der Waals surface area contributed by atoms with Crippen molar-refractivity contribution in [3.8, 4) is 62.2 Å². The van der Waals surface area contributed by atoms with Gasteiger partial charge in [-0.1, -0.05) is 66.4 Å². The average Bonchev–Trinajstić information content (AvgIpc) is 3.83. The van der Waals surface area contributed by atoms with Crippen molar-refractivity contribution >= 4 is 5.69 Å². The molecule has 3 heterocycles. The number of aromatic nitrogens is 2. The quantitative estimate of drug-likeness (QED) is 0.118. The molecule has 0 aliphatic carbocycles. The molecule has 0 N–H and O–H groups in total. The van der Waals surface area contributed by atoms with Crippen LogP contribution in [0.5, 0.6) is 11.5 Å². The molecule has 1 aliphatic heterocycles. The second-order valence-corrected chi connectivity index (χ2v) is 11.3. The molecule has 0 fully saturated rings.